The number of hydrogen-bond donors (Lipinski definition) is 1. The Morgan fingerprint density at radius 3 is 2.47 bits per heavy atom. The summed E-state index contributed by atoms with van der Waals surface area (Å²) in [6.45, 7) is -0.140. The number of aliphatic carboxylic acids is 1. The molecule has 0 bridgehead atoms. The molecule has 7 nitrogen and oxygen atoms in total. The molecule has 3 aromatic carbocycles. The Morgan fingerprint density at radius 1 is 1.05 bits per heavy atom. The highest BCUT2D eigenvalue weighted by atomic mass is 35.5. The van der Waals surface area contributed by atoms with E-state index >= 15 is 0 Å². The Labute approximate surface area is 233 Å². The second-order valence-corrected chi connectivity index (χ2v) is 10.4. The molecule has 1 fully saturated rings. The van der Waals surface area contributed by atoms with Gasteiger partial charge in [0.1, 0.15) is 23.2 Å². The van der Waals surface area contributed by atoms with Crippen LogP contribution < -0.4 is 4.74 Å². The number of thioether (sulfide) groups is 1. The van der Waals surface area contributed by atoms with E-state index in [1.165, 1.54) is 0 Å². The van der Waals surface area contributed by atoms with Gasteiger partial charge >= 0.3 is 5.97 Å². The molecule has 0 saturated carbocycles. The van der Waals surface area contributed by atoms with Gasteiger partial charge < -0.3 is 9.84 Å². The van der Waals surface area contributed by atoms with Crippen molar-refractivity contribution in [2.24, 2.45) is 0 Å². The van der Waals surface area contributed by atoms with Crippen LogP contribution in [0.3, 0.4) is 0 Å². The number of benzene rings is 3. The summed E-state index contributed by atoms with van der Waals surface area (Å²) in [4.78, 5) is 25.5. The predicted molar refractivity (Wildman–Crippen MR) is 152 cm³/mol. The molecule has 1 amide bonds. The molecule has 4 aromatic rings. The molecule has 1 N–H and O–H groups in total. The van der Waals surface area contributed by atoms with Gasteiger partial charge in [-0.3, -0.25) is 14.5 Å². The number of para-hydroxylation sites is 1. The number of carbonyl (C=O) groups is 2. The maximum Gasteiger partial charge on any atom is 0.323 e. The molecule has 1 saturated heterocycles. The van der Waals surface area contributed by atoms with Crippen LogP contribution in [0.4, 0.5) is 0 Å². The van der Waals surface area contributed by atoms with Crippen molar-refractivity contribution >= 4 is 57.9 Å². The van der Waals surface area contributed by atoms with Crippen LogP contribution in [0.1, 0.15) is 11.1 Å². The van der Waals surface area contributed by atoms with Crippen molar-refractivity contribution < 1.29 is 19.4 Å². The molecule has 5 rings (SSSR count). The van der Waals surface area contributed by atoms with Crippen LogP contribution in [0.2, 0.25) is 5.02 Å². The largest absolute Gasteiger partial charge is 0.489 e. The summed E-state index contributed by atoms with van der Waals surface area (Å²) >= 11 is 12.5. The molecular formula is C28H20ClN3O4S2. The molecule has 190 valence electrons. The first-order valence-corrected chi connectivity index (χ1v) is 13.1. The minimum Gasteiger partial charge on any atom is -0.489 e. The summed E-state index contributed by atoms with van der Waals surface area (Å²) in [6, 6.07) is 24.6. The molecule has 1 aromatic heterocycles. The fraction of sp³-hybridized carbons (Fsp3) is 0.0714. The summed E-state index contributed by atoms with van der Waals surface area (Å²) in [5.74, 6) is -0.895. The number of thiocarbonyl (C=S) groups is 1. The maximum absolute atomic E-state index is 12.9. The quantitative estimate of drug-likeness (QED) is 0.207. The number of amides is 1. The first-order valence-electron chi connectivity index (χ1n) is 11.5. The second-order valence-electron chi connectivity index (χ2n) is 8.28. The van der Waals surface area contributed by atoms with Crippen molar-refractivity contribution in [3.63, 3.8) is 0 Å². The zero-order valence-corrected chi connectivity index (χ0v) is 22.2. The van der Waals surface area contributed by atoms with Crippen molar-refractivity contribution in [1.29, 1.82) is 0 Å². The first kappa shape index (κ1) is 25.7. The molecule has 1 aliphatic heterocycles. The Kier molecular flexibility index (Phi) is 7.59. The lowest BCUT2D eigenvalue weighted by atomic mass is 10.1. The lowest BCUT2D eigenvalue weighted by molar-refractivity contribution is -0.140. The highest BCUT2D eigenvalue weighted by Gasteiger charge is 2.33. The summed E-state index contributed by atoms with van der Waals surface area (Å²) in [7, 11) is 0. The molecule has 0 radical (unpaired) electrons. The van der Waals surface area contributed by atoms with Gasteiger partial charge in [-0.05, 0) is 48.5 Å². The fourth-order valence-corrected chi connectivity index (χ4v) is 5.26. The smallest absolute Gasteiger partial charge is 0.323 e. The fourth-order valence-electron chi connectivity index (χ4n) is 3.83. The number of nitrogens with zero attached hydrogens (tertiary/aromatic N) is 3. The van der Waals surface area contributed by atoms with Crippen molar-refractivity contribution in [1.82, 2.24) is 14.7 Å². The third kappa shape index (κ3) is 5.65. The molecule has 0 atom stereocenters. The standard InChI is InChI=1S/C28H20ClN3O4S2/c29-23-9-5-4-6-19(23)17-36-22-12-10-18(11-13-22)26-20(15-32(30-26)21-7-2-1-3-8-21)14-24-27(35)31(16-25(33)34)28(37)38-24/h1-15H,16-17H2,(H,33,34)/b24-14-. The van der Waals surface area contributed by atoms with Crippen LogP contribution in [0.5, 0.6) is 5.75 Å². The van der Waals surface area contributed by atoms with Crippen LogP contribution in [-0.2, 0) is 16.2 Å². The zero-order valence-electron chi connectivity index (χ0n) is 19.8. The molecule has 0 aliphatic carbocycles. The number of ether oxygens (including phenoxy) is 1. The van der Waals surface area contributed by atoms with Crippen LogP contribution in [0.15, 0.2) is 90.0 Å². The highest BCUT2D eigenvalue weighted by molar-refractivity contribution is 8.26. The van der Waals surface area contributed by atoms with Crippen molar-refractivity contribution in [2.45, 2.75) is 6.61 Å². The van der Waals surface area contributed by atoms with Crippen molar-refractivity contribution in [3.05, 3.63) is 106 Å². The molecule has 0 spiro atoms. The summed E-state index contributed by atoms with van der Waals surface area (Å²) < 4.78 is 7.85. The number of hydrogen-bond acceptors (Lipinski definition) is 6. The van der Waals surface area contributed by atoms with E-state index in [2.05, 4.69) is 0 Å². The topological polar surface area (TPSA) is 84.7 Å². The Morgan fingerprint density at radius 2 is 1.76 bits per heavy atom. The van der Waals surface area contributed by atoms with E-state index < -0.39 is 18.4 Å². The van der Waals surface area contributed by atoms with Crippen LogP contribution >= 0.6 is 35.6 Å². The van der Waals surface area contributed by atoms with Gasteiger partial charge in [0.15, 0.2) is 0 Å². The molecule has 2 heterocycles. The van der Waals surface area contributed by atoms with Gasteiger partial charge in [0.25, 0.3) is 5.91 Å². The molecule has 10 heteroatoms. The Bertz CT molecular complexity index is 1550. The molecule has 0 unspecified atom stereocenters. The number of carboxylic acids is 1. The second kappa shape index (κ2) is 11.2. The number of carboxylic acid groups (broad SMARTS) is 1. The summed E-state index contributed by atoms with van der Waals surface area (Å²) in [5, 5.41) is 14.6. The van der Waals surface area contributed by atoms with Crippen molar-refractivity contribution in [2.75, 3.05) is 6.54 Å². The normalized spacial score (nSPS) is 14.3. The van der Waals surface area contributed by atoms with E-state index in [9.17, 15) is 9.59 Å². The molecule has 38 heavy (non-hydrogen) atoms. The number of carbonyl (C=O) groups excluding carboxylic acids is 1. The lowest BCUT2D eigenvalue weighted by Crippen LogP contribution is -2.33. The minimum atomic E-state index is -1.13. The summed E-state index contributed by atoms with van der Waals surface area (Å²) in [6.07, 6.45) is 3.53. The SMILES string of the molecule is O=C(O)CN1C(=O)/C(=C/c2cn(-c3ccccc3)nc2-c2ccc(OCc3ccccc3Cl)cc2)SC1=S. The van der Waals surface area contributed by atoms with E-state index in [0.717, 1.165) is 33.5 Å². The van der Waals surface area contributed by atoms with Crippen LogP contribution in [0, 0.1) is 0 Å². The average Bonchev–Trinajstić information content (AvgIpc) is 3.45. The lowest BCUT2D eigenvalue weighted by Gasteiger charge is -2.10. The number of halogens is 1. The van der Waals surface area contributed by atoms with E-state index in [1.807, 2.05) is 85.1 Å². The van der Waals surface area contributed by atoms with E-state index in [4.69, 9.17) is 38.8 Å². The third-order valence-electron chi connectivity index (χ3n) is 5.70. The van der Waals surface area contributed by atoms with Gasteiger partial charge in [0, 0.05) is 27.9 Å². The minimum absolute atomic E-state index is 0.209. The van der Waals surface area contributed by atoms with Crippen molar-refractivity contribution in [3.8, 4) is 22.7 Å². The zero-order chi connectivity index (χ0) is 26.6. The van der Waals surface area contributed by atoms with Gasteiger partial charge in [0.2, 0.25) is 0 Å². The predicted octanol–water partition coefficient (Wildman–Crippen LogP) is 6.06. The Hall–Kier alpha value is -3.92. The van der Waals surface area contributed by atoms with E-state index in [1.54, 1.807) is 10.8 Å². The van der Waals surface area contributed by atoms with Gasteiger partial charge in [-0.25, -0.2) is 4.68 Å². The molecular weight excluding hydrogens is 542 g/mol. The average molecular weight is 562 g/mol. The number of aromatic nitrogens is 2. The third-order valence-corrected chi connectivity index (χ3v) is 7.44. The van der Waals surface area contributed by atoms with Crippen LogP contribution in [-0.4, -0.2) is 42.5 Å². The van der Waals surface area contributed by atoms with Gasteiger partial charge in [-0.2, -0.15) is 5.10 Å². The number of rotatable bonds is 8. The maximum atomic E-state index is 12.9. The van der Waals surface area contributed by atoms with Crippen LogP contribution in [0.25, 0.3) is 23.0 Å². The summed E-state index contributed by atoms with van der Waals surface area (Å²) in [5.41, 5.74) is 3.90. The van der Waals surface area contributed by atoms with E-state index in [0.29, 0.717) is 33.5 Å². The van der Waals surface area contributed by atoms with E-state index in [-0.39, 0.29) is 4.32 Å². The molecule has 1 aliphatic rings. The van der Waals surface area contributed by atoms with Gasteiger partial charge in [0.05, 0.1) is 16.3 Å². The first-order chi connectivity index (χ1) is 18.4. The highest BCUT2D eigenvalue weighted by Crippen LogP contribution is 2.35. The Balaban J connectivity index is 1.46. The van der Waals surface area contributed by atoms with Gasteiger partial charge in [-0.1, -0.05) is 72.0 Å². The van der Waals surface area contributed by atoms with Gasteiger partial charge in [-0.15, -0.1) is 0 Å². The monoisotopic (exact) mass is 561 g/mol.